The maximum absolute atomic E-state index is 9.38. The van der Waals surface area contributed by atoms with Gasteiger partial charge in [0.2, 0.25) is 0 Å². The fraction of sp³-hybridized carbons (Fsp3) is 0.143. The van der Waals surface area contributed by atoms with Gasteiger partial charge in [0.1, 0.15) is 21.3 Å². The maximum atomic E-state index is 9.38. The molecule has 2 rings (SSSR count). The highest BCUT2D eigenvalue weighted by Crippen LogP contribution is 2.24. The van der Waals surface area contributed by atoms with E-state index in [-0.39, 0.29) is 5.75 Å². The van der Waals surface area contributed by atoms with E-state index in [4.69, 9.17) is 0 Å². The highest BCUT2D eigenvalue weighted by atomic mass is 127. The van der Waals surface area contributed by atoms with Gasteiger partial charge in [0, 0.05) is 5.56 Å². The Morgan fingerprint density at radius 1 is 1.58 bits per heavy atom. The number of aromatic nitrogens is 3. The Balaban J connectivity index is 2.97. The number of fused-ring (bicyclic) bond motifs is 1. The van der Waals surface area contributed by atoms with Crippen molar-refractivity contribution in [3.8, 4) is 5.75 Å². The summed E-state index contributed by atoms with van der Waals surface area (Å²) in [4.78, 5) is 4.03. The summed E-state index contributed by atoms with van der Waals surface area (Å²) >= 11 is 2.11. The zero-order valence-corrected chi connectivity index (χ0v) is 8.48. The lowest BCUT2D eigenvalue weighted by Crippen LogP contribution is -1.94. The molecule has 0 spiro atoms. The molecule has 2 heterocycles. The Kier molecular flexibility index (Phi) is 1.67. The molecule has 5 heteroatoms. The number of halogens is 1. The smallest absolute Gasteiger partial charge is 0.139 e. The summed E-state index contributed by atoms with van der Waals surface area (Å²) in [6.07, 6.45) is 3.04. The second kappa shape index (κ2) is 2.58. The fourth-order valence-electron chi connectivity index (χ4n) is 1.10. The summed E-state index contributed by atoms with van der Waals surface area (Å²) in [5.74, 6) is 0.258. The Hall–Kier alpha value is -0.850. The summed E-state index contributed by atoms with van der Waals surface area (Å²) in [6.45, 7) is 1.84. The topological polar surface area (TPSA) is 50.4 Å². The van der Waals surface area contributed by atoms with Crippen LogP contribution in [0.4, 0.5) is 0 Å². The van der Waals surface area contributed by atoms with E-state index in [0.717, 1.165) is 14.8 Å². The Morgan fingerprint density at radius 2 is 2.33 bits per heavy atom. The molecule has 0 saturated carbocycles. The molecule has 0 fully saturated rings. The summed E-state index contributed by atoms with van der Waals surface area (Å²) in [5.41, 5.74) is 1.69. The van der Waals surface area contributed by atoms with Crippen LogP contribution < -0.4 is 0 Å². The lowest BCUT2D eigenvalue weighted by molar-refractivity contribution is 0.471. The van der Waals surface area contributed by atoms with Gasteiger partial charge in [-0.2, -0.15) is 5.10 Å². The zero-order chi connectivity index (χ0) is 8.72. The number of hydrogen-bond donors (Lipinski definition) is 1. The number of hydrogen-bond acceptors (Lipinski definition) is 3. The molecule has 1 N–H and O–H groups in total. The molecular formula is C7H6IN3O. The van der Waals surface area contributed by atoms with E-state index in [9.17, 15) is 5.11 Å². The second-order valence-corrected chi connectivity index (χ2v) is 3.51. The van der Waals surface area contributed by atoms with Gasteiger partial charge >= 0.3 is 0 Å². The van der Waals surface area contributed by atoms with Crippen molar-refractivity contribution < 1.29 is 5.11 Å². The van der Waals surface area contributed by atoms with Gasteiger partial charge in [0.05, 0.1) is 6.20 Å². The highest BCUT2D eigenvalue weighted by molar-refractivity contribution is 14.1. The van der Waals surface area contributed by atoms with E-state index in [1.807, 2.05) is 6.92 Å². The van der Waals surface area contributed by atoms with Crippen molar-refractivity contribution in [3.05, 3.63) is 21.8 Å². The van der Waals surface area contributed by atoms with E-state index in [0.29, 0.717) is 0 Å². The van der Waals surface area contributed by atoms with Gasteiger partial charge in [0.15, 0.2) is 0 Å². The Morgan fingerprint density at radius 3 is 3.00 bits per heavy atom. The molecule has 0 aromatic carbocycles. The van der Waals surface area contributed by atoms with Gasteiger partial charge in [-0.1, -0.05) is 0 Å². The molecule has 0 atom stereocenters. The van der Waals surface area contributed by atoms with Gasteiger partial charge in [-0.05, 0) is 29.5 Å². The zero-order valence-electron chi connectivity index (χ0n) is 6.32. The first-order valence-electron chi connectivity index (χ1n) is 3.37. The van der Waals surface area contributed by atoms with Crippen LogP contribution in [-0.4, -0.2) is 19.7 Å². The maximum Gasteiger partial charge on any atom is 0.139 e. The van der Waals surface area contributed by atoms with Crippen molar-refractivity contribution in [3.63, 3.8) is 0 Å². The summed E-state index contributed by atoms with van der Waals surface area (Å²) in [7, 11) is 0. The number of rotatable bonds is 0. The quantitative estimate of drug-likeness (QED) is 0.738. The van der Waals surface area contributed by atoms with Crippen LogP contribution in [0.3, 0.4) is 0 Å². The molecule has 12 heavy (non-hydrogen) atoms. The first-order chi connectivity index (χ1) is 5.70. The predicted octanol–water partition coefficient (Wildman–Crippen LogP) is 1.35. The first-order valence-corrected chi connectivity index (χ1v) is 4.45. The average molecular weight is 275 g/mol. The van der Waals surface area contributed by atoms with E-state index in [1.54, 1.807) is 10.7 Å². The molecule has 0 amide bonds. The van der Waals surface area contributed by atoms with Crippen LogP contribution in [0.5, 0.6) is 5.75 Å². The van der Waals surface area contributed by atoms with E-state index in [2.05, 4.69) is 32.7 Å². The monoisotopic (exact) mass is 275 g/mol. The number of aromatic hydroxyl groups is 1. The van der Waals surface area contributed by atoms with Crippen LogP contribution in [0.25, 0.3) is 5.52 Å². The van der Waals surface area contributed by atoms with Crippen LogP contribution in [-0.2, 0) is 0 Å². The van der Waals surface area contributed by atoms with Crippen LogP contribution in [0.2, 0.25) is 0 Å². The summed E-state index contributed by atoms with van der Waals surface area (Å²) < 4.78 is 2.47. The Bertz CT molecular complexity index is 437. The Labute approximate surface area is 82.4 Å². The molecule has 0 aliphatic rings. The lowest BCUT2D eigenvalue weighted by Gasteiger charge is -1.94. The van der Waals surface area contributed by atoms with Crippen molar-refractivity contribution in [2.24, 2.45) is 0 Å². The molecular weight excluding hydrogens is 269 g/mol. The largest absolute Gasteiger partial charge is 0.506 e. The lowest BCUT2D eigenvalue weighted by atomic mass is 10.3. The first kappa shape index (κ1) is 7.78. The van der Waals surface area contributed by atoms with Crippen molar-refractivity contribution in [2.45, 2.75) is 6.92 Å². The minimum Gasteiger partial charge on any atom is -0.506 e. The SMILES string of the molecule is Cc1c(O)cn2ncnc(I)c12. The molecule has 0 aliphatic carbocycles. The van der Waals surface area contributed by atoms with Gasteiger partial charge < -0.3 is 5.11 Å². The van der Waals surface area contributed by atoms with Crippen molar-refractivity contribution >= 4 is 28.1 Å². The highest BCUT2D eigenvalue weighted by Gasteiger charge is 2.08. The van der Waals surface area contributed by atoms with Crippen molar-refractivity contribution in [1.29, 1.82) is 0 Å². The average Bonchev–Trinajstić information content (AvgIpc) is 2.29. The van der Waals surface area contributed by atoms with Crippen LogP contribution >= 0.6 is 22.6 Å². The van der Waals surface area contributed by atoms with Gasteiger partial charge in [0.25, 0.3) is 0 Å². The van der Waals surface area contributed by atoms with E-state index >= 15 is 0 Å². The van der Waals surface area contributed by atoms with Crippen LogP contribution in [0, 0.1) is 10.6 Å². The standard InChI is InChI=1S/C7H6IN3O/c1-4-5(12)2-11-6(4)7(8)9-3-10-11/h2-3,12H,1H3. The molecule has 0 radical (unpaired) electrons. The van der Waals surface area contributed by atoms with Gasteiger partial charge in [-0.3, -0.25) is 0 Å². The van der Waals surface area contributed by atoms with Crippen LogP contribution in [0.15, 0.2) is 12.5 Å². The fourth-order valence-corrected chi connectivity index (χ4v) is 1.88. The normalized spacial score (nSPS) is 10.8. The summed E-state index contributed by atoms with van der Waals surface area (Å²) in [6, 6.07) is 0. The van der Waals surface area contributed by atoms with E-state index in [1.165, 1.54) is 6.33 Å². The number of nitrogens with zero attached hydrogens (tertiary/aromatic N) is 3. The van der Waals surface area contributed by atoms with Crippen molar-refractivity contribution in [2.75, 3.05) is 0 Å². The minimum atomic E-state index is 0.258. The predicted molar refractivity (Wildman–Crippen MR) is 52.1 cm³/mol. The molecule has 2 aromatic rings. The summed E-state index contributed by atoms with van der Waals surface area (Å²) in [5, 5.41) is 13.3. The van der Waals surface area contributed by atoms with Crippen molar-refractivity contribution in [1.82, 2.24) is 14.6 Å². The third-order valence-corrected chi connectivity index (χ3v) is 2.55. The third-order valence-electron chi connectivity index (χ3n) is 1.76. The number of aryl methyl sites for hydroxylation is 1. The second-order valence-electron chi connectivity index (χ2n) is 2.48. The molecule has 0 saturated heterocycles. The molecule has 62 valence electrons. The van der Waals surface area contributed by atoms with Gasteiger partial charge in [-0.15, -0.1) is 0 Å². The molecule has 2 aromatic heterocycles. The molecule has 0 unspecified atom stereocenters. The van der Waals surface area contributed by atoms with Gasteiger partial charge in [-0.25, -0.2) is 9.50 Å². The third kappa shape index (κ3) is 0.961. The van der Waals surface area contributed by atoms with Crippen LogP contribution in [0.1, 0.15) is 5.56 Å². The minimum absolute atomic E-state index is 0.258. The molecule has 0 bridgehead atoms. The molecule has 0 aliphatic heterocycles. The van der Waals surface area contributed by atoms with E-state index < -0.39 is 0 Å². The molecule has 4 nitrogen and oxygen atoms in total.